The Hall–Kier alpha value is -1.59. The summed E-state index contributed by atoms with van der Waals surface area (Å²) in [6, 6.07) is 3.11. The number of hydrogen-bond acceptors (Lipinski definition) is 2. The van der Waals surface area contributed by atoms with Gasteiger partial charge in [0, 0.05) is 6.07 Å². The van der Waals surface area contributed by atoms with Gasteiger partial charge in [0.25, 0.3) is 5.69 Å². The van der Waals surface area contributed by atoms with Gasteiger partial charge in [-0.2, -0.15) is 13.2 Å². The van der Waals surface area contributed by atoms with Crippen molar-refractivity contribution < 1.29 is 18.1 Å². The number of rotatable bonds is 1. The van der Waals surface area contributed by atoms with Crippen molar-refractivity contribution in [2.45, 2.75) is 32.4 Å². The summed E-state index contributed by atoms with van der Waals surface area (Å²) < 4.78 is 38.0. The summed E-state index contributed by atoms with van der Waals surface area (Å²) in [5, 5.41) is 10.5. The van der Waals surface area contributed by atoms with E-state index in [0.717, 1.165) is 12.1 Å². The Labute approximate surface area is 96.4 Å². The summed E-state index contributed by atoms with van der Waals surface area (Å²) in [5.41, 5.74) is -2.19. The van der Waals surface area contributed by atoms with Crippen LogP contribution in [0.1, 0.15) is 31.9 Å². The highest BCUT2D eigenvalue weighted by molar-refractivity contribution is 5.46. The predicted molar refractivity (Wildman–Crippen MR) is 56.8 cm³/mol. The van der Waals surface area contributed by atoms with Crippen molar-refractivity contribution in [2.24, 2.45) is 0 Å². The van der Waals surface area contributed by atoms with Gasteiger partial charge < -0.3 is 0 Å². The molecule has 0 amide bonds. The minimum atomic E-state index is -4.72. The molecule has 0 fully saturated rings. The van der Waals surface area contributed by atoms with E-state index in [1.54, 1.807) is 20.8 Å². The molecule has 1 aromatic carbocycles. The SMILES string of the molecule is CC(C)(C)c1ccc([N+](=O)[O-])c(C(F)(F)F)c1. The lowest BCUT2D eigenvalue weighted by molar-refractivity contribution is -0.388. The number of benzene rings is 1. The molecule has 6 heteroatoms. The smallest absolute Gasteiger partial charge is 0.258 e. The van der Waals surface area contributed by atoms with Crippen LogP contribution in [-0.4, -0.2) is 4.92 Å². The summed E-state index contributed by atoms with van der Waals surface area (Å²) in [4.78, 5) is 9.52. The standard InChI is InChI=1S/C11H12F3NO2/c1-10(2,3)7-4-5-9(15(16)17)8(6-7)11(12,13)14/h4-6H,1-3H3. The first-order chi connectivity index (χ1) is 7.53. The first kappa shape index (κ1) is 13.5. The summed E-state index contributed by atoms with van der Waals surface area (Å²) in [7, 11) is 0. The van der Waals surface area contributed by atoms with Crippen molar-refractivity contribution in [1.82, 2.24) is 0 Å². The Morgan fingerprint density at radius 3 is 2.06 bits per heavy atom. The molecule has 0 bridgehead atoms. The van der Waals surface area contributed by atoms with Gasteiger partial charge in [0.1, 0.15) is 5.56 Å². The molecule has 94 valence electrons. The Morgan fingerprint density at radius 1 is 1.18 bits per heavy atom. The van der Waals surface area contributed by atoms with Gasteiger partial charge in [-0.3, -0.25) is 10.1 Å². The van der Waals surface area contributed by atoms with E-state index in [1.165, 1.54) is 6.07 Å². The van der Waals surface area contributed by atoms with Gasteiger partial charge in [-0.1, -0.05) is 26.8 Å². The van der Waals surface area contributed by atoms with Crippen molar-refractivity contribution in [3.05, 3.63) is 39.4 Å². The highest BCUT2D eigenvalue weighted by Crippen LogP contribution is 2.38. The fourth-order valence-electron chi connectivity index (χ4n) is 1.39. The second kappa shape index (κ2) is 4.01. The molecule has 0 N–H and O–H groups in total. The summed E-state index contributed by atoms with van der Waals surface area (Å²) in [6.07, 6.45) is -4.72. The van der Waals surface area contributed by atoms with Gasteiger partial charge in [-0.25, -0.2) is 0 Å². The van der Waals surface area contributed by atoms with Crippen LogP contribution in [-0.2, 0) is 11.6 Å². The van der Waals surface area contributed by atoms with Crippen molar-refractivity contribution >= 4 is 5.69 Å². The number of nitrogens with zero attached hydrogens (tertiary/aromatic N) is 1. The minimum Gasteiger partial charge on any atom is -0.258 e. The quantitative estimate of drug-likeness (QED) is 0.557. The molecule has 0 atom stereocenters. The monoisotopic (exact) mass is 247 g/mol. The van der Waals surface area contributed by atoms with Crippen LogP contribution < -0.4 is 0 Å². The van der Waals surface area contributed by atoms with Crippen molar-refractivity contribution in [1.29, 1.82) is 0 Å². The number of hydrogen-bond donors (Lipinski definition) is 0. The highest BCUT2D eigenvalue weighted by atomic mass is 19.4. The molecule has 0 aromatic heterocycles. The zero-order valence-electron chi connectivity index (χ0n) is 9.63. The Kier molecular flexibility index (Phi) is 3.18. The maximum Gasteiger partial charge on any atom is 0.423 e. The van der Waals surface area contributed by atoms with E-state index in [0.29, 0.717) is 5.56 Å². The summed E-state index contributed by atoms with van der Waals surface area (Å²) in [6.45, 7) is 5.23. The second-order valence-electron chi connectivity index (χ2n) is 4.74. The topological polar surface area (TPSA) is 43.1 Å². The molecule has 0 aliphatic heterocycles. The molecule has 0 aliphatic rings. The maximum atomic E-state index is 12.7. The van der Waals surface area contributed by atoms with Gasteiger partial charge in [-0.05, 0) is 17.0 Å². The first-order valence-corrected chi connectivity index (χ1v) is 4.89. The van der Waals surface area contributed by atoms with Crippen LogP contribution in [0.3, 0.4) is 0 Å². The molecule has 0 heterocycles. The van der Waals surface area contributed by atoms with Gasteiger partial charge in [0.05, 0.1) is 4.92 Å². The van der Waals surface area contributed by atoms with E-state index >= 15 is 0 Å². The molecule has 0 radical (unpaired) electrons. The van der Waals surface area contributed by atoms with E-state index in [9.17, 15) is 23.3 Å². The third kappa shape index (κ3) is 2.95. The third-order valence-corrected chi connectivity index (χ3v) is 2.36. The molecule has 17 heavy (non-hydrogen) atoms. The van der Waals surface area contributed by atoms with Crippen LogP contribution >= 0.6 is 0 Å². The zero-order valence-corrected chi connectivity index (χ0v) is 9.63. The van der Waals surface area contributed by atoms with Crippen LogP contribution in [0.25, 0.3) is 0 Å². The molecular formula is C11H12F3NO2. The lowest BCUT2D eigenvalue weighted by atomic mass is 9.86. The van der Waals surface area contributed by atoms with E-state index in [1.807, 2.05) is 0 Å². The Balaban J connectivity index is 3.46. The minimum absolute atomic E-state index is 0.412. The van der Waals surface area contributed by atoms with Crippen LogP contribution in [0.15, 0.2) is 18.2 Å². The summed E-state index contributed by atoms with van der Waals surface area (Å²) >= 11 is 0. The lowest BCUT2D eigenvalue weighted by Gasteiger charge is -2.20. The molecule has 0 saturated carbocycles. The largest absolute Gasteiger partial charge is 0.423 e. The van der Waals surface area contributed by atoms with Gasteiger partial charge in [-0.15, -0.1) is 0 Å². The first-order valence-electron chi connectivity index (χ1n) is 4.89. The number of nitro groups is 1. The molecule has 0 saturated heterocycles. The second-order valence-corrected chi connectivity index (χ2v) is 4.74. The predicted octanol–water partition coefficient (Wildman–Crippen LogP) is 3.91. The highest BCUT2D eigenvalue weighted by Gasteiger charge is 2.39. The normalized spacial score (nSPS) is 12.6. The van der Waals surface area contributed by atoms with Crippen LogP contribution in [0, 0.1) is 10.1 Å². The average Bonchev–Trinajstić information content (AvgIpc) is 2.14. The fourth-order valence-corrected chi connectivity index (χ4v) is 1.39. The lowest BCUT2D eigenvalue weighted by Crippen LogP contribution is -2.15. The number of nitro benzene ring substituents is 1. The van der Waals surface area contributed by atoms with Gasteiger partial charge >= 0.3 is 6.18 Å². The van der Waals surface area contributed by atoms with Gasteiger partial charge in [0.15, 0.2) is 0 Å². The molecule has 1 rings (SSSR count). The van der Waals surface area contributed by atoms with E-state index < -0.39 is 27.8 Å². The maximum absolute atomic E-state index is 12.7. The van der Waals surface area contributed by atoms with Gasteiger partial charge in [0.2, 0.25) is 0 Å². The molecule has 3 nitrogen and oxygen atoms in total. The van der Waals surface area contributed by atoms with E-state index in [-0.39, 0.29) is 0 Å². The Morgan fingerprint density at radius 2 is 1.71 bits per heavy atom. The fraction of sp³-hybridized carbons (Fsp3) is 0.455. The molecule has 0 unspecified atom stereocenters. The number of halogens is 3. The molecular weight excluding hydrogens is 235 g/mol. The molecule has 0 spiro atoms. The Bertz CT molecular complexity index is 447. The van der Waals surface area contributed by atoms with Crippen LogP contribution in [0.2, 0.25) is 0 Å². The van der Waals surface area contributed by atoms with Crippen molar-refractivity contribution in [3.63, 3.8) is 0 Å². The van der Waals surface area contributed by atoms with Crippen molar-refractivity contribution in [3.8, 4) is 0 Å². The van der Waals surface area contributed by atoms with E-state index in [4.69, 9.17) is 0 Å². The summed E-state index contributed by atoms with van der Waals surface area (Å²) in [5.74, 6) is 0. The van der Waals surface area contributed by atoms with Crippen LogP contribution in [0.5, 0.6) is 0 Å². The average molecular weight is 247 g/mol. The van der Waals surface area contributed by atoms with Crippen LogP contribution in [0.4, 0.5) is 18.9 Å². The van der Waals surface area contributed by atoms with Crippen molar-refractivity contribution in [2.75, 3.05) is 0 Å². The van der Waals surface area contributed by atoms with E-state index in [2.05, 4.69) is 0 Å². The number of alkyl halides is 3. The third-order valence-electron chi connectivity index (χ3n) is 2.36. The zero-order chi connectivity index (χ0) is 13.4. The molecule has 1 aromatic rings. The molecule has 0 aliphatic carbocycles.